The van der Waals surface area contributed by atoms with Crippen molar-refractivity contribution in [3.05, 3.63) is 36.2 Å². The molecule has 0 bridgehead atoms. The molecule has 8 heteroatoms. The third-order valence-corrected chi connectivity index (χ3v) is 2.10. The number of hydrogen-bond donors (Lipinski definition) is 1. The number of alkyl halides is 3. The molecule has 0 atom stereocenters. The zero-order chi connectivity index (χ0) is 14.6. The van der Waals surface area contributed by atoms with Crippen molar-refractivity contribution in [2.75, 3.05) is 6.61 Å². The van der Waals surface area contributed by atoms with E-state index in [9.17, 15) is 18.0 Å². The van der Waals surface area contributed by atoms with Gasteiger partial charge in [0.1, 0.15) is 5.52 Å². The number of aromatic nitrogens is 1. The van der Waals surface area contributed by atoms with E-state index in [1.165, 1.54) is 6.08 Å². The summed E-state index contributed by atoms with van der Waals surface area (Å²) in [6.07, 6.45) is -2.31. The summed E-state index contributed by atoms with van der Waals surface area (Å²) in [5.74, 6) is -0.686. The lowest BCUT2D eigenvalue weighted by molar-refractivity contribution is -0.190. The molecule has 0 aliphatic carbocycles. The van der Waals surface area contributed by atoms with E-state index in [-0.39, 0.29) is 5.89 Å². The van der Waals surface area contributed by atoms with Gasteiger partial charge in [-0.1, -0.05) is 12.1 Å². The zero-order valence-electron chi connectivity index (χ0n) is 9.98. The van der Waals surface area contributed by atoms with E-state index < -0.39 is 18.7 Å². The standard InChI is InChI=1S/C12H9F3N2O3/c13-12(14,15)7-19-17-10(18)5-6-11-16-8-3-1-2-4-9(8)20-11/h1-6H,7H2,(H,17,18)/b6-5+. The maximum Gasteiger partial charge on any atom is 0.414 e. The van der Waals surface area contributed by atoms with Crippen LogP contribution in [0.3, 0.4) is 0 Å². The van der Waals surface area contributed by atoms with E-state index in [0.717, 1.165) is 6.08 Å². The summed E-state index contributed by atoms with van der Waals surface area (Å²) in [5, 5.41) is 0. The van der Waals surface area contributed by atoms with Crippen LogP contribution in [-0.4, -0.2) is 23.7 Å². The SMILES string of the molecule is O=C(/C=C/c1nc2ccccc2o1)NOCC(F)(F)F. The first-order chi connectivity index (χ1) is 9.44. The van der Waals surface area contributed by atoms with E-state index in [1.54, 1.807) is 29.7 Å². The second-order valence-corrected chi connectivity index (χ2v) is 3.72. The molecule has 2 aromatic rings. The highest BCUT2D eigenvalue weighted by atomic mass is 19.4. The number of para-hydroxylation sites is 2. The van der Waals surface area contributed by atoms with Crippen molar-refractivity contribution in [2.24, 2.45) is 0 Å². The van der Waals surface area contributed by atoms with E-state index in [2.05, 4.69) is 9.82 Å². The molecule has 20 heavy (non-hydrogen) atoms. The minimum Gasteiger partial charge on any atom is -0.437 e. The van der Waals surface area contributed by atoms with Crippen LogP contribution in [0.2, 0.25) is 0 Å². The first kappa shape index (κ1) is 14.1. The maximum absolute atomic E-state index is 11.8. The number of carbonyl (C=O) groups excluding carboxylic acids is 1. The minimum atomic E-state index is -4.50. The predicted octanol–water partition coefficient (Wildman–Crippen LogP) is 2.45. The fraction of sp³-hybridized carbons (Fsp3) is 0.167. The average Bonchev–Trinajstić information content (AvgIpc) is 2.77. The van der Waals surface area contributed by atoms with Crippen molar-refractivity contribution in [1.82, 2.24) is 10.5 Å². The fourth-order valence-electron chi connectivity index (χ4n) is 1.33. The molecule has 2 rings (SSSR count). The number of hydroxylamine groups is 1. The molecule has 1 aromatic carbocycles. The van der Waals surface area contributed by atoms with Crippen LogP contribution in [0.4, 0.5) is 13.2 Å². The Kier molecular flexibility index (Phi) is 4.04. The average molecular weight is 286 g/mol. The first-order valence-electron chi connectivity index (χ1n) is 5.46. The van der Waals surface area contributed by atoms with Gasteiger partial charge in [0, 0.05) is 12.2 Å². The van der Waals surface area contributed by atoms with Crippen molar-refractivity contribution in [3.63, 3.8) is 0 Å². The smallest absolute Gasteiger partial charge is 0.414 e. The number of benzene rings is 1. The summed E-state index contributed by atoms with van der Waals surface area (Å²) in [6, 6.07) is 6.96. The lowest BCUT2D eigenvalue weighted by Gasteiger charge is -2.06. The quantitative estimate of drug-likeness (QED) is 0.692. The molecule has 1 heterocycles. The highest BCUT2D eigenvalue weighted by molar-refractivity contribution is 5.90. The monoisotopic (exact) mass is 286 g/mol. The number of nitrogens with one attached hydrogen (secondary N) is 1. The van der Waals surface area contributed by atoms with E-state index >= 15 is 0 Å². The van der Waals surface area contributed by atoms with Crippen molar-refractivity contribution in [1.29, 1.82) is 0 Å². The molecule has 0 spiro atoms. The summed E-state index contributed by atoms with van der Waals surface area (Å²) in [7, 11) is 0. The number of carbonyl (C=O) groups is 1. The lowest BCUT2D eigenvalue weighted by Crippen LogP contribution is -2.28. The zero-order valence-corrected chi connectivity index (χ0v) is 9.98. The molecule has 0 unspecified atom stereocenters. The highest BCUT2D eigenvalue weighted by Crippen LogP contribution is 2.15. The molecule has 1 aromatic heterocycles. The maximum atomic E-state index is 11.8. The first-order valence-corrected chi connectivity index (χ1v) is 5.46. The van der Waals surface area contributed by atoms with Crippen molar-refractivity contribution in [3.8, 4) is 0 Å². The Labute approximate surface area is 111 Å². The second kappa shape index (κ2) is 5.74. The van der Waals surface area contributed by atoms with Gasteiger partial charge in [0.25, 0.3) is 5.91 Å². The van der Waals surface area contributed by atoms with Crippen molar-refractivity contribution >= 4 is 23.1 Å². The van der Waals surface area contributed by atoms with Gasteiger partial charge in [-0.25, -0.2) is 10.5 Å². The molecular weight excluding hydrogens is 277 g/mol. The number of rotatable bonds is 4. The molecular formula is C12H9F3N2O3. The Bertz CT molecular complexity index is 601. The predicted molar refractivity (Wildman–Crippen MR) is 63.2 cm³/mol. The Morgan fingerprint density at radius 2 is 2.15 bits per heavy atom. The van der Waals surface area contributed by atoms with Gasteiger partial charge in [0.15, 0.2) is 12.2 Å². The van der Waals surface area contributed by atoms with Crippen LogP contribution in [0.1, 0.15) is 5.89 Å². The van der Waals surface area contributed by atoms with Gasteiger partial charge in [-0.15, -0.1) is 0 Å². The van der Waals surface area contributed by atoms with Crippen LogP contribution in [0.25, 0.3) is 17.2 Å². The third kappa shape index (κ3) is 4.09. The molecule has 1 N–H and O–H groups in total. The van der Waals surface area contributed by atoms with E-state index in [0.29, 0.717) is 11.1 Å². The largest absolute Gasteiger partial charge is 0.437 e. The molecule has 1 amide bonds. The van der Waals surface area contributed by atoms with Gasteiger partial charge in [0.05, 0.1) is 0 Å². The van der Waals surface area contributed by atoms with Crippen molar-refractivity contribution < 1.29 is 27.2 Å². The molecule has 0 fully saturated rings. The summed E-state index contributed by atoms with van der Waals surface area (Å²) < 4.78 is 40.5. The number of nitrogens with zero attached hydrogens (tertiary/aromatic N) is 1. The Morgan fingerprint density at radius 3 is 2.85 bits per heavy atom. The Hall–Kier alpha value is -2.35. The molecule has 0 saturated heterocycles. The van der Waals surface area contributed by atoms with Crippen LogP contribution >= 0.6 is 0 Å². The lowest BCUT2D eigenvalue weighted by atomic mass is 10.3. The second-order valence-electron chi connectivity index (χ2n) is 3.72. The summed E-state index contributed by atoms with van der Waals surface area (Å²) in [6.45, 7) is -1.56. The molecule has 106 valence electrons. The van der Waals surface area contributed by atoms with Gasteiger partial charge in [0.2, 0.25) is 5.89 Å². The van der Waals surface area contributed by atoms with Crippen LogP contribution in [0, 0.1) is 0 Å². The number of hydrogen-bond acceptors (Lipinski definition) is 4. The van der Waals surface area contributed by atoms with Crippen LogP contribution in [0.15, 0.2) is 34.8 Å². The minimum absolute atomic E-state index is 0.164. The molecule has 0 radical (unpaired) electrons. The Balaban J connectivity index is 1.90. The van der Waals surface area contributed by atoms with E-state index in [4.69, 9.17) is 4.42 Å². The summed E-state index contributed by atoms with van der Waals surface area (Å²) >= 11 is 0. The summed E-state index contributed by atoms with van der Waals surface area (Å²) in [5.41, 5.74) is 2.78. The Morgan fingerprint density at radius 1 is 1.40 bits per heavy atom. The molecule has 5 nitrogen and oxygen atoms in total. The summed E-state index contributed by atoms with van der Waals surface area (Å²) in [4.78, 5) is 19.2. The van der Waals surface area contributed by atoms with Gasteiger partial charge >= 0.3 is 6.18 Å². The van der Waals surface area contributed by atoms with Crippen LogP contribution in [-0.2, 0) is 9.63 Å². The third-order valence-electron chi connectivity index (χ3n) is 2.10. The van der Waals surface area contributed by atoms with Gasteiger partial charge in [-0.3, -0.25) is 9.63 Å². The molecule has 0 aliphatic rings. The molecule has 0 aliphatic heterocycles. The number of halogens is 3. The van der Waals surface area contributed by atoms with Gasteiger partial charge in [-0.05, 0) is 12.1 Å². The number of amides is 1. The molecule has 0 saturated carbocycles. The number of fused-ring (bicyclic) bond motifs is 1. The fourth-order valence-corrected chi connectivity index (χ4v) is 1.33. The van der Waals surface area contributed by atoms with Crippen LogP contribution in [0.5, 0.6) is 0 Å². The van der Waals surface area contributed by atoms with Crippen molar-refractivity contribution in [2.45, 2.75) is 6.18 Å². The normalized spacial score (nSPS) is 12.2. The van der Waals surface area contributed by atoms with E-state index in [1.807, 2.05) is 0 Å². The van der Waals surface area contributed by atoms with Gasteiger partial charge < -0.3 is 4.42 Å². The highest BCUT2D eigenvalue weighted by Gasteiger charge is 2.28. The number of oxazole rings is 1. The topological polar surface area (TPSA) is 64.4 Å². The van der Waals surface area contributed by atoms with Gasteiger partial charge in [-0.2, -0.15) is 13.2 Å². The van der Waals surface area contributed by atoms with Crippen LogP contribution < -0.4 is 5.48 Å².